The second kappa shape index (κ2) is 18.6. The summed E-state index contributed by atoms with van der Waals surface area (Å²) >= 11 is 0. The van der Waals surface area contributed by atoms with Crippen LogP contribution in [0, 0.1) is 0 Å². The van der Waals surface area contributed by atoms with Crippen molar-refractivity contribution in [2.75, 3.05) is 47.4 Å². The van der Waals surface area contributed by atoms with Gasteiger partial charge in [0, 0.05) is 38.6 Å². The van der Waals surface area contributed by atoms with Gasteiger partial charge in [-0.15, -0.1) is 0 Å². The van der Waals surface area contributed by atoms with Gasteiger partial charge in [0.1, 0.15) is 52.5 Å². The summed E-state index contributed by atoms with van der Waals surface area (Å²) in [4.78, 5) is 60.1. The predicted molar refractivity (Wildman–Crippen MR) is 256 cm³/mol. The Morgan fingerprint density at radius 1 is 0.754 bits per heavy atom. The minimum absolute atomic E-state index is 0.248. The number of piperidine rings is 2. The van der Waals surface area contributed by atoms with E-state index in [2.05, 4.69) is 91.0 Å². The van der Waals surface area contributed by atoms with Crippen LogP contribution >= 0.6 is 0 Å². The van der Waals surface area contributed by atoms with Crippen molar-refractivity contribution in [2.45, 2.75) is 103 Å². The van der Waals surface area contributed by atoms with Crippen LogP contribution in [0.2, 0.25) is 0 Å². The van der Waals surface area contributed by atoms with E-state index in [0.29, 0.717) is 36.3 Å². The first kappa shape index (κ1) is 46.1. The average Bonchev–Trinajstić information content (AvgIpc) is 4.05. The van der Waals surface area contributed by atoms with Crippen LogP contribution in [0.5, 0.6) is 0 Å². The standard InChI is InChI=1S/C21H25N7.C17H23N5O4.C9H14N2/c1-13(2)14-3-4-16-17(11-14)27-20(26-16)21(22)6-9-28(10-7-21)19-15-5-8-23-18(15)24-12-25-19;1-16(2,3)26-15(25)21-17(14(23)24)5-8-22(9-6-17)13-11-4-7-18-12(11)19-10-20-13;1-6(2)7-3-4-8(10)9(11)5-7/h3-5,8,11-13H,6-7,9-10,22H2,1-2H3,(H,26,27)(H,23,24,25);4,7,10H,5-6,8-9H2,1-3H3,(H,21,25)(H,23,24)(H,18,19,20);3-6H,10-11H2,1-2H3. The summed E-state index contributed by atoms with van der Waals surface area (Å²) in [6, 6.07) is 16.1. The highest BCUT2D eigenvalue weighted by molar-refractivity contribution is 5.89. The maximum absolute atomic E-state index is 12.1. The van der Waals surface area contributed by atoms with E-state index in [1.807, 2.05) is 41.4 Å². The lowest BCUT2D eigenvalue weighted by molar-refractivity contribution is -0.145. The van der Waals surface area contributed by atoms with Crippen LogP contribution in [0.1, 0.15) is 103 Å². The van der Waals surface area contributed by atoms with Gasteiger partial charge in [0.05, 0.1) is 38.7 Å². The zero-order valence-electron chi connectivity index (χ0n) is 38.3. The van der Waals surface area contributed by atoms with Crippen LogP contribution in [0.3, 0.4) is 0 Å². The maximum Gasteiger partial charge on any atom is 0.408 e. The number of rotatable bonds is 7. The summed E-state index contributed by atoms with van der Waals surface area (Å²) < 4.78 is 5.22. The number of hydrogen-bond acceptors (Lipinski definition) is 13. The molecule has 7 heterocycles. The number of carbonyl (C=O) groups is 2. The zero-order valence-corrected chi connectivity index (χ0v) is 38.3. The van der Waals surface area contributed by atoms with Crippen molar-refractivity contribution in [2.24, 2.45) is 5.73 Å². The van der Waals surface area contributed by atoms with Gasteiger partial charge in [0.25, 0.3) is 0 Å². The molecular formula is C47H62N14O4. The first-order chi connectivity index (χ1) is 30.8. The van der Waals surface area contributed by atoms with E-state index in [4.69, 9.17) is 26.9 Å². The third-order valence-corrected chi connectivity index (χ3v) is 12.1. The first-order valence-electron chi connectivity index (χ1n) is 22.1. The number of H-pyrrole nitrogens is 3. The number of carboxylic acid groups (broad SMARTS) is 1. The molecule has 2 aliphatic heterocycles. The van der Waals surface area contributed by atoms with Gasteiger partial charge in [-0.2, -0.15) is 0 Å². The van der Waals surface area contributed by atoms with Crippen molar-refractivity contribution in [3.05, 3.63) is 90.5 Å². The van der Waals surface area contributed by atoms with Crippen LogP contribution in [0.15, 0.2) is 73.6 Å². The number of aromatic nitrogens is 8. The molecule has 2 fully saturated rings. The Labute approximate surface area is 378 Å². The number of aliphatic carboxylic acids is 1. The van der Waals surface area contributed by atoms with Crippen molar-refractivity contribution >= 4 is 68.2 Å². The third-order valence-electron chi connectivity index (χ3n) is 12.1. The molecule has 2 aromatic carbocycles. The predicted octanol–water partition coefficient (Wildman–Crippen LogP) is 7.29. The molecule has 2 saturated heterocycles. The fourth-order valence-corrected chi connectivity index (χ4v) is 8.14. The highest BCUT2D eigenvalue weighted by Crippen LogP contribution is 2.34. The maximum atomic E-state index is 12.1. The number of nitrogens with one attached hydrogen (secondary N) is 4. The summed E-state index contributed by atoms with van der Waals surface area (Å²) in [5, 5.41) is 14.2. The number of alkyl carbamates (subject to hydrolysis) is 1. The van der Waals surface area contributed by atoms with Crippen molar-refractivity contribution in [3.63, 3.8) is 0 Å². The molecule has 11 N–H and O–H groups in total. The fraction of sp³-hybridized carbons (Fsp3) is 0.426. The zero-order chi connectivity index (χ0) is 46.7. The van der Waals surface area contributed by atoms with Crippen molar-refractivity contribution in [1.29, 1.82) is 0 Å². The molecule has 0 atom stereocenters. The van der Waals surface area contributed by atoms with Gasteiger partial charge >= 0.3 is 12.1 Å². The lowest BCUT2D eigenvalue weighted by Crippen LogP contribution is -2.60. The topological polar surface area (TPSA) is 272 Å². The molecule has 0 bridgehead atoms. The normalized spacial score (nSPS) is 16.0. The van der Waals surface area contributed by atoms with Crippen LogP contribution in [0.25, 0.3) is 33.1 Å². The Bertz CT molecular complexity index is 2750. The monoisotopic (exact) mass is 887 g/mol. The number of carbonyl (C=O) groups excluding carboxylic acids is 1. The number of benzene rings is 2. The molecule has 0 spiro atoms. The van der Waals surface area contributed by atoms with E-state index >= 15 is 0 Å². The lowest BCUT2D eigenvalue weighted by Gasteiger charge is -2.40. The summed E-state index contributed by atoms with van der Waals surface area (Å²) in [6.45, 7) is 16.4. The largest absolute Gasteiger partial charge is 0.480 e. The molecule has 0 unspecified atom stereocenters. The van der Waals surface area contributed by atoms with Gasteiger partial charge in [-0.3, -0.25) is 0 Å². The number of imidazole rings is 1. The van der Waals surface area contributed by atoms with Crippen LogP contribution < -0.4 is 32.3 Å². The minimum atomic E-state index is -1.34. The highest BCUT2D eigenvalue weighted by atomic mass is 16.6. The van der Waals surface area contributed by atoms with Gasteiger partial charge in [-0.1, -0.05) is 39.8 Å². The molecule has 1 amide bonds. The Morgan fingerprint density at radius 3 is 1.78 bits per heavy atom. The Morgan fingerprint density at radius 2 is 1.28 bits per heavy atom. The van der Waals surface area contributed by atoms with Crippen molar-refractivity contribution < 1.29 is 19.4 Å². The molecule has 18 heteroatoms. The Kier molecular flexibility index (Phi) is 13.2. The van der Waals surface area contributed by atoms with E-state index in [1.165, 1.54) is 17.5 Å². The number of carboxylic acids is 1. The van der Waals surface area contributed by atoms with Crippen molar-refractivity contribution in [1.82, 2.24) is 45.2 Å². The second-order valence-electron chi connectivity index (χ2n) is 18.6. The van der Waals surface area contributed by atoms with Crippen LogP contribution in [-0.2, 0) is 15.1 Å². The molecule has 2 aliphatic rings. The average molecular weight is 887 g/mol. The second-order valence-corrected chi connectivity index (χ2v) is 18.6. The summed E-state index contributed by atoms with van der Waals surface area (Å²) in [6.07, 6.45) is 8.20. The summed E-state index contributed by atoms with van der Waals surface area (Å²) in [5.74, 6) is 2.56. The van der Waals surface area contributed by atoms with Crippen LogP contribution in [-0.4, -0.2) is 94.4 Å². The number of nitrogens with zero attached hydrogens (tertiary/aromatic N) is 7. The number of fused-ring (bicyclic) bond motifs is 3. The van der Waals surface area contributed by atoms with E-state index in [-0.39, 0.29) is 12.8 Å². The number of hydrogen-bond donors (Lipinski definition) is 8. The fourth-order valence-electron chi connectivity index (χ4n) is 8.14. The Hall–Kier alpha value is -6.95. The van der Waals surface area contributed by atoms with Gasteiger partial charge in [-0.05, 0) is 106 Å². The van der Waals surface area contributed by atoms with E-state index in [0.717, 1.165) is 76.5 Å². The van der Waals surface area contributed by atoms with Crippen molar-refractivity contribution in [3.8, 4) is 0 Å². The van der Waals surface area contributed by atoms with Gasteiger partial charge < -0.3 is 57.1 Å². The van der Waals surface area contributed by atoms with E-state index < -0.39 is 28.7 Å². The molecule has 65 heavy (non-hydrogen) atoms. The Balaban J connectivity index is 0.000000159. The molecule has 0 saturated carbocycles. The number of aromatic amines is 3. The number of nitrogen functional groups attached to an aromatic ring is 2. The van der Waals surface area contributed by atoms with Gasteiger partial charge in [-0.25, -0.2) is 34.5 Å². The smallest absolute Gasteiger partial charge is 0.408 e. The number of ether oxygens (including phenoxy) is 1. The molecule has 344 valence electrons. The van der Waals surface area contributed by atoms with Crippen LogP contribution in [0.4, 0.5) is 27.8 Å². The molecule has 7 aromatic rings. The number of anilines is 4. The minimum Gasteiger partial charge on any atom is -0.480 e. The molecule has 0 aliphatic carbocycles. The highest BCUT2D eigenvalue weighted by Gasteiger charge is 2.44. The SMILES string of the molecule is CC(C)(C)OC(=O)NC1(C(=O)O)CCN(c2ncnc3[nH]ccc23)CC1.CC(C)c1ccc(N)c(N)c1.CC(C)c1ccc2nc(C3(N)CCN(c4ncnc5[nH]ccc45)CC3)[nH]c2c1. The number of amides is 1. The summed E-state index contributed by atoms with van der Waals surface area (Å²) in [7, 11) is 0. The molecule has 5 aromatic heterocycles. The van der Waals surface area contributed by atoms with E-state index in [9.17, 15) is 14.7 Å². The lowest BCUT2D eigenvalue weighted by atomic mass is 9.87. The molecule has 0 radical (unpaired) electrons. The van der Waals surface area contributed by atoms with E-state index in [1.54, 1.807) is 33.3 Å². The first-order valence-corrected chi connectivity index (χ1v) is 22.1. The molecular weight excluding hydrogens is 825 g/mol. The number of nitrogens with two attached hydrogens (primary N) is 3. The quantitative estimate of drug-likeness (QED) is 0.0730. The summed E-state index contributed by atoms with van der Waals surface area (Å²) in [5.41, 5.74) is 23.1. The van der Waals surface area contributed by atoms with Gasteiger partial charge in [0.15, 0.2) is 0 Å². The molecule has 18 nitrogen and oxygen atoms in total. The third kappa shape index (κ3) is 10.4. The molecule has 9 rings (SSSR count). The van der Waals surface area contributed by atoms with Gasteiger partial charge in [0.2, 0.25) is 0 Å².